The van der Waals surface area contributed by atoms with Crippen molar-refractivity contribution >= 4 is 37.1 Å². The quantitative estimate of drug-likeness (QED) is 0.179. The Hall–Kier alpha value is -1.74. The third kappa shape index (κ3) is 7.65. The standard InChI is InChI=1S/2C17H14P.Fe/c2*1-3-9-15(10-4-1)18(17-13-7-8-14-17)16-11-5-2-6-12-16;/h2*1-14H;/q;;+2. The minimum absolute atomic E-state index is 0. The molecule has 0 aromatic heterocycles. The van der Waals surface area contributed by atoms with Crippen LogP contribution in [0.3, 0.4) is 0 Å². The zero-order chi connectivity index (χ0) is 24.4. The Kier molecular flexibility index (Phi) is 11.5. The van der Waals surface area contributed by atoms with E-state index < -0.39 is 15.8 Å². The van der Waals surface area contributed by atoms with Crippen LogP contribution >= 0.6 is 15.8 Å². The molecule has 180 valence electrons. The first-order valence-electron chi connectivity index (χ1n) is 12.1. The molecule has 2 aliphatic carbocycles. The summed E-state index contributed by atoms with van der Waals surface area (Å²) in [6.07, 6.45) is 17.4. The fraction of sp³-hybridized carbons (Fsp3) is 0. The van der Waals surface area contributed by atoms with E-state index in [1.54, 1.807) is 0 Å². The molecule has 3 heteroatoms. The molecule has 0 spiro atoms. The number of benzene rings is 4. The van der Waals surface area contributed by atoms with Gasteiger partial charge in [-0.2, -0.15) is 0 Å². The average molecular weight is 554 g/mol. The van der Waals surface area contributed by atoms with Crippen molar-refractivity contribution in [2.24, 2.45) is 0 Å². The summed E-state index contributed by atoms with van der Waals surface area (Å²) in [4.78, 5) is 0. The summed E-state index contributed by atoms with van der Waals surface area (Å²) in [5.74, 6) is 0. The largest absolute Gasteiger partial charge is 2.00 e. The van der Waals surface area contributed by atoms with Crippen molar-refractivity contribution in [3.8, 4) is 0 Å². The SMILES string of the molecule is [CH]1[CH][CH][C](P(c2ccccc2)c2ccccc2)[CH]1.[CH]1[CH][CH][C](P(c2ccccc2)c2ccccc2)[CH]1.[Fe+2]. The van der Waals surface area contributed by atoms with E-state index in [0.29, 0.717) is 0 Å². The molecule has 10 radical (unpaired) electrons. The topological polar surface area (TPSA) is 0 Å². The van der Waals surface area contributed by atoms with E-state index >= 15 is 0 Å². The van der Waals surface area contributed by atoms with E-state index in [2.05, 4.69) is 173 Å². The second kappa shape index (κ2) is 15.0. The van der Waals surface area contributed by atoms with Crippen LogP contribution in [-0.4, -0.2) is 0 Å². The molecule has 6 rings (SSSR count). The molecule has 0 N–H and O–H groups in total. The van der Waals surface area contributed by atoms with Crippen LogP contribution in [0.5, 0.6) is 0 Å². The Bertz CT molecular complexity index is 966. The van der Waals surface area contributed by atoms with Crippen molar-refractivity contribution in [2.45, 2.75) is 0 Å². The van der Waals surface area contributed by atoms with Crippen molar-refractivity contribution < 1.29 is 17.1 Å². The van der Waals surface area contributed by atoms with Crippen LogP contribution in [0.1, 0.15) is 0 Å². The van der Waals surface area contributed by atoms with Crippen LogP contribution in [-0.2, 0) is 17.1 Å². The molecule has 37 heavy (non-hydrogen) atoms. The maximum absolute atomic E-state index is 2.23. The van der Waals surface area contributed by atoms with Crippen molar-refractivity contribution in [3.63, 3.8) is 0 Å². The molecule has 0 atom stereocenters. The Labute approximate surface area is 237 Å². The van der Waals surface area contributed by atoms with Gasteiger partial charge >= 0.3 is 17.1 Å². The van der Waals surface area contributed by atoms with Crippen LogP contribution < -0.4 is 21.2 Å². The van der Waals surface area contributed by atoms with Gasteiger partial charge in [0.05, 0.1) is 0 Å². The zero-order valence-corrected chi connectivity index (χ0v) is 23.3. The van der Waals surface area contributed by atoms with E-state index in [-0.39, 0.29) is 17.1 Å². The Morgan fingerprint density at radius 2 is 0.514 bits per heavy atom. The van der Waals surface area contributed by atoms with Gasteiger partial charge in [0.1, 0.15) is 0 Å². The first-order chi connectivity index (χ1) is 17.9. The summed E-state index contributed by atoms with van der Waals surface area (Å²) in [6.45, 7) is 0. The van der Waals surface area contributed by atoms with Gasteiger partial charge in [0.25, 0.3) is 0 Å². The van der Waals surface area contributed by atoms with Gasteiger partial charge in [-0.3, -0.25) is 0 Å². The van der Waals surface area contributed by atoms with Gasteiger partial charge in [0, 0.05) is 11.3 Å². The molecule has 2 saturated carbocycles. The smallest absolute Gasteiger partial charge is 0.0622 e. The van der Waals surface area contributed by atoms with E-state index in [9.17, 15) is 0 Å². The van der Waals surface area contributed by atoms with E-state index in [1.807, 2.05) is 0 Å². The minimum atomic E-state index is -0.409. The van der Waals surface area contributed by atoms with Gasteiger partial charge in [-0.25, -0.2) is 0 Å². The summed E-state index contributed by atoms with van der Waals surface area (Å²) in [5, 5.41) is 5.63. The molecule has 2 aliphatic rings. The molecule has 0 bridgehead atoms. The second-order valence-electron chi connectivity index (χ2n) is 8.30. The summed E-state index contributed by atoms with van der Waals surface area (Å²) in [5.41, 5.74) is 2.84. The summed E-state index contributed by atoms with van der Waals surface area (Å²) in [7, 11) is -0.818. The third-order valence-corrected chi connectivity index (χ3v) is 10.8. The Morgan fingerprint density at radius 3 is 0.730 bits per heavy atom. The summed E-state index contributed by atoms with van der Waals surface area (Å²) < 4.78 is 0. The van der Waals surface area contributed by atoms with Gasteiger partial charge in [-0.05, 0) is 88.4 Å². The van der Waals surface area contributed by atoms with Crippen molar-refractivity contribution in [1.29, 1.82) is 0 Å². The number of rotatable bonds is 6. The molecule has 2 fully saturated rings. The number of hydrogen-bond donors (Lipinski definition) is 0. The van der Waals surface area contributed by atoms with Gasteiger partial charge in [0.2, 0.25) is 0 Å². The predicted octanol–water partition coefficient (Wildman–Crippen LogP) is 6.96. The molecule has 4 aromatic rings. The van der Waals surface area contributed by atoms with Crippen LogP contribution in [0, 0.1) is 62.7 Å². The van der Waals surface area contributed by atoms with Gasteiger partial charge in [-0.1, -0.05) is 121 Å². The molecule has 4 aromatic carbocycles. The molecular formula is C34H28FeP2+2. The summed E-state index contributed by atoms with van der Waals surface area (Å²) >= 11 is 0. The number of hydrogen-bond acceptors (Lipinski definition) is 0. The molecule has 0 heterocycles. The molecular weight excluding hydrogens is 526 g/mol. The predicted molar refractivity (Wildman–Crippen MR) is 159 cm³/mol. The van der Waals surface area contributed by atoms with Gasteiger partial charge in [0.15, 0.2) is 0 Å². The van der Waals surface area contributed by atoms with E-state index in [0.717, 1.165) is 0 Å². The normalized spacial score (nSPS) is 15.8. The fourth-order valence-corrected chi connectivity index (χ4v) is 8.84. The average Bonchev–Trinajstić information content (AvgIpc) is 3.68. The Balaban J connectivity index is 0.000000168. The molecule has 0 aliphatic heterocycles. The molecule has 0 unspecified atom stereocenters. The third-order valence-electron chi connectivity index (χ3n) is 5.86. The van der Waals surface area contributed by atoms with E-state index in [4.69, 9.17) is 0 Å². The van der Waals surface area contributed by atoms with Crippen molar-refractivity contribution in [2.75, 3.05) is 0 Å². The Morgan fingerprint density at radius 1 is 0.297 bits per heavy atom. The minimum Gasteiger partial charge on any atom is -0.0622 e. The van der Waals surface area contributed by atoms with Gasteiger partial charge < -0.3 is 0 Å². The van der Waals surface area contributed by atoms with Crippen LogP contribution in [0.15, 0.2) is 121 Å². The maximum Gasteiger partial charge on any atom is 2.00 e. The van der Waals surface area contributed by atoms with Crippen LogP contribution in [0.4, 0.5) is 0 Å². The van der Waals surface area contributed by atoms with Gasteiger partial charge in [-0.15, -0.1) is 0 Å². The fourth-order valence-electron chi connectivity index (χ4n) is 4.23. The monoisotopic (exact) mass is 554 g/mol. The molecule has 0 nitrogen and oxygen atoms in total. The first-order valence-corrected chi connectivity index (χ1v) is 14.8. The van der Waals surface area contributed by atoms with Crippen molar-refractivity contribution in [1.82, 2.24) is 0 Å². The molecule has 0 saturated heterocycles. The summed E-state index contributed by atoms with van der Waals surface area (Å²) in [6, 6.07) is 43.1. The zero-order valence-electron chi connectivity index (χ0n) is 20.4. The maximum atomic E-state index is 2.23. The van der Waals surface area contributed by atoms with Crippen LogP contribution in [0.2, 0.25) is 0 Å². The second-order valence-corrected chi connectivity index (χ2v) is 12.7. The van der Waals surface area contributed by atoms with Crippen molar-refractivity contribution in [3.05, 3.63) is 184 Å². The van der Waals surface area contributed by atoms with Crippen LogP contribution in [0.25, 0.3) is 0 Å². The van der Waals surface area contributed by atoms with E-state index in [1.165, 1.54) is 32.5 Å². The first kappa shape index (κ1) is 28.3. The molecule has 0 amide bonds.